The van der Waals surface area contributed by atoms with Crippen LogP contribution in [0.3, 0.4) is 0 Å². The van der Waals surface area contributed by atoms with Gasteiger partial charge in [-0.1, -0.05) is 23.9 Å². The van der Waals surface area contributed by atoms with E-state index in [9.17, 15) is 31.2 Å². The van der Waals surface area contributed by atoms with Crippen LogP contribution in [-0.2, 0) is 19.6 Å². The maximum Gasteiger partial charge on any atom is 0.573 e. The van der Waals surface area contributed by atoms with E-state index in [1.54, 1.807) is 34.1 Å². The zero-order chi connectivity index (χ0) is 33.9. The van der Waals surface area contributed by atoms with Crippen LogP contribution in [0.4, 0.5) is 13.2 Å². The molecule has 2 amide bonds. The van der Waals surface area contributed by atoms with E-state index in [1.165, 1.54) is 39.4 Å². The standard InChI is InChI=1S/C30H29F3N6O7S2/c31-30(32,33)46-23-8-6-22(7-9-23)39-27(21-3-1-4-24(19-21)48(42,43)38-14-17-44-18-15-38)34-35-29(39)47-20-26(40)36-10-12-37(13-11-36)28(41)25-5-2-16-45-25/h1-9,16,19H,10-15,17-18,20H2. The molecule has 0 saturated carbocycles. The molecule has 0 unspecified atom stereocenters. The number of piperazine rings is 1. The van der Waals surface area contributed by atoms with Gasteiger partial charge in [0.2, 0.25) is 15.9 Å². The van der Waals surface area contributed by atoms with Crippen LogP contribution in [0.5, 0.6) is 5.75 Å². The van der Waals surface area contributed by atoms with E-state index >= 15 is 0 Å². The highest BCUT2D eigenvalue weighted by Crippen LogP contribution is 2.32. The first-order valence-electron chi connectivity index (χ1n) is 14.7. The molecule has 0 spiro atoms. The number of thioether (sulfide) groups is 1. The number of carbonyl (C=O) groups excluding carboxylic acids is 2. The third kappa shape index (κ3) is 7.51. The van der Waals surface area contributed by atoms with Gasteiger partial charge in [-0.15, -0.1) is 23.4 Å². The molecule has 18 heteroatoms. The lowest BCUT2D eigenvalue weighted by atomic mass is 10.2. The third-order valence-electron chi connectivity index (χ3n) is 7.64. The van der Waals surface area contributed by atoms with Gasteiger partial charge in [-0.05, 0) is 48.5 Å². The number of sulfonamides is 1. The lowest BCUT2D eigenvalue weighted by Crippen LogP contribution is -2.51. The van der Waals surface area contributed by atoms with E-state index in [0.29, 0.717) is 37.4 Å². The summed E-state index contributed by atoms with van der Waals surface area (Å²) >= 11 is 1.06. The molecule has 0 aliphatic carbocycles. The fourth-order valence-corrected chi connectivity index (χ4v) is 7.55. The van der Waals surface area contributed by atoms with Crippen LogP contribution in [-0.4, -0.2) is 114 Å². The molecule has 0 radical (unpaired) electrons. The average Bonchev–Trinajstić information content (AvgIpc) is 3.78. The summed E-state index contributed by atoms with van der Waals surface area (Å²) in [7, 11) is -3.85. The number of alkyl halides is 3. The quantitative estimate of drug-likeness (QED) is 0.238. The number of furan rings is 1. The predicted molar refractivity (Wildman–Crippen MR) is 165 cm³/mol. The van der Waals surface area contributed by atoms with Gasteiger partial charge in [0.1, 0.15) is 5.75 Å². The van der Waals surface area contributed by atoms with Gasteiger partial charge in [-0.25, -0.2) is 8.42 Å². The largest absolute Gasteiger partial charge is 0.573 e. The molecule has 4 heterocycles. The van der Waals surface area contributed by atoms with Gasteiger partial charge in [0.15, 0.2) is 16.7 Å². The number of morpholine rings is 1. The van der Waals surface area contributed by atoms with E-state index in [0.717, 1.165) is 23.9 Å². The van der Waals surface area contributed by atoms with Gasteiger partial charge in [0, 0.05) is 50.5 Å². The monoisotopic (exact) mass is 706 g/mol. The minimum Gasteiger partial charge on any atom is -0.459 e. The van der Waals surface area contributed by atoms with E-state index in [1.807, 2.05) is 0 Å². The lowest BCUT2D eigenvalue weighted by molar-refractivity contribution is -0.274. The minimum atomic E-state index is -4.88. The Morgan fingerprint density at radius 2 is 1.60 bits per heavy atom. The summed E-state index contributed by atoms with van der Waals surface area (Å²) in [5.74, 6) is -0.524. The number of hydrogen-bond acceptors (Lipinski definition) is 10. The molecule has 254 valence electrons. The van der Waals surface area contributed by atoms with Crippen LogP contribution < -0.4 is 4.74 Å². The van der Waals surface area contributed by atoms with E-state index < -0.39 is 22.1 Å². The Labute approximate surface area is 277 Å². The van der Waals surface area contributed by atoms with Gasteiger partial charge < -0.3 is 23.7 Å². The summed E-state index contributed by atoms with van der Waals surface area (Å²) < 4.78 is 82.6. The SMILES string of the molecule is O=C(CSc1nnc(-c2cccc(S(=O)(=O)N3CCOCC3)c2)n1-c1ccc(OC(F)(F)F)cc1)N1CCN(C(=O)c2ccco2)CC1. The maximum atomic E-state index is 13.4. The summed E-state index contributed by atoms with van der Waals surface area (Å²) in [6.45, 7) is 2.25. The van der Waals surface area contributed by atoms with Crippen molar-refractivity contribution in [2.75, 3.05) is 58.2 Å². The second kappa shape index (κ2) is 14.0. The topological polar surface area (TPSA) is 140 Å². The van der Waals surface area contributed by atoms with Crippen LogP contribution >= 0.6 is 11.8 Å². The summed E-state index contributed by atoms with van der Waals surface area (Å²) in [5, 5.41) is 8.81. The van der Waals surface area contributed by atoms with Crippen LogP contribution in [0, 0.1) is 0 Å². The molecule has 4 aromatic rings. The first-order valence-corrected chi connectivity index (χ1v) is 17.2. The highest BCUT2D eigenvalue weighted by atomic mass is 32.2. The van der Waals surface area contributed by atoms with Gasteiger partial charge in [-0.3, -0.25) is 14.2 Å². The summed E-state index contributed by atoms with van der Waals surface area (Å²) in [5.41, 5.74) is 0.731. The number of carbonyl (C=O) groups is 2. The second-order valence-electron chi connectivity index (χ2n) is 10.7. The van der Waals surface area contributed by atoms with E-state index in [-0.39, 0.29) is 65.5 Å². The number of aromatic nitrogens is 3. The molecule has 2 aromatic heterocycles. The number of hydrogen-bond donors (Lipinski definition) is 0. The van der Waals surface area contributed by atoms with Gasteiger partial charge in [-0.2, -0.15) is 4.31 Å². The molecule has 48 heavy (non-hydrogen) atoms. The fraction of sp³-hybridized carbons (Fsp3) is 0.333. The number of halogens is 3. The molecule has 0 bridgehead atoms. The Balaban J connectivity index is 1.23. The second-order valence-corrected chi connectivity index (χ2v) is 13.5. The molecule has 2 aliphatic rings. The zero-order valence-corrected chi connectivity index (χ0v) is 26.8. The van der Waals surface area contributed by atoms with Crippen LogP contribution in [0.1, 0.15) is 10.6 Å². The number of rotatable bonds is 9. The maximum absolute atomic E-state index is 13.4. The minimum absolute atomic E-state index is 0.0272. The summed E-state index contributed by atoms with van der Waals surface area (Å²) in [6, 6.07) is 14.4. The molecule has 0 N–H and O–H groups in total. The van der Waals surface area contributed by atoms with Crippen molar-refractivity contribution in [1.82, 2.24) is 28.9 Å². The lowest BCUT2D eigenvalue weighted by Gasteiger charge is -2.34. The number of ether oxygens (including phenoxy) is 2. The van der Waals surface area contributed by atoms with Crippen LogP contribution in [0.25, 0.3) is 17.1 Å². The molecular formula is C30H29F3N6O7S2. The third-order valence-corrected chi connectivity index (χ3v) is 10.4. The highest BCUT2D eigenvalue weighted by molar-refractivity contribution is 7.99. The zero-order valence-electron chi connectivity index (χ0n) is 25.2. The molecule has 2 saturated heterocycles. The van der Waals surface area contributed by atoms with Gasteiger partial charge in [0.05, 0.1) is 30.1 Å². The van der Waals surface area contributed by atoms with Crippen molar-refractivity contribution < 1.29 is 45.1 Å². The average molecular weight is 707 g/mol. The van der Waals surface area contributed by atoms with Crippen molar-refractivity contribution in [3.05, 3.63) is 72.7 Å². The number of benzene rings is 2. The van der Waals surface area contributed by atoms with E-state index in [4.69, 9.17) is 9.15 Å². The molecule has 2 aliphatic heterocycles. The van der Waals surface area contributed by atoms with Crippen LogP contribution in [0.2, 0.25) is 0 Å². The highest BCUT2D eigenvalue weighted by Gasteiger charge is 2.32. The van der Waals surface area contributed by atoms with Crippen molar-refractivity contribution >= 4 is 33.6 Å². The smallest absolute Gasteiger partial charge is 0.459 e. The van der Waals surface area contributed by atoms with Crippen LogP contribution in [0.15, 0.2) is 81.4 Å². The molecule has 2 fully saturated rings. The van der Waals surface area contributed by atoms with Crippen molar-refractivity contribution in [1.29, 1.82) is 0 Å². The number of amides is 2. The fourth-order valence-electron chi connectivity index (χ4n) is 5.24. The predicted octanol–water partition coefficient (Wildman–Crippen LogP) is 3.52. The molecule has 6 rings (SSSR count). The van der Waals surface area contributed by atoms with Gasteiger partial charge >= 0.3 is 6.36 Å². The molecular weight excluding hydrogens is 677 g/mol. The Morgan fingerprint density at radius 1 is 0.896 bits per heavy atom. The van der Waals surface area contributed by atoms with Crippen molar-refractivity contribution in [2.24, 2.45) is 0 Å². The molecule has 2 aromatic carbocycles. The summed E-state index contributed by atoms with van der Waals surface area (Å²) in [4.78, 5) is 29.1. The Hall–Kier alpha value is -4.39. The van der Waals surface area contributed by atoms with Gasteiger partial charge in [0.25, 0.3) is 5.91 Å². The first kappa shape index (κ1) is 33.5. The van der Waals surface area contributed by atoms with Crippen molar-refractivity contribution in [3.8, 4) is 22.8 Å². The molecule has 0 atom stereocenters. The normalized spacial score (nSPS) is 16.2. The molecule has 13 nitrogen and oxygen atoms in total. The van der Waals surface area contributed by atoms with E-state index in [2.05, 4.69) is 14.9 Å². The Kier molecular flexibility index (Phi) is 9.77. The summed E-state index contributed by atoms with van der Waals surface area (Å²) in [6.07, 6.45) is -3.46. The first-order chi connectivity index (χ1) is 23.0. The van der Waals surface area contributed by atoms with Crippen molar-refractivity contribution in [2.45, 2.75) is 16.4 Å². The Bertz CT molecular complexity index is 1850. The Morgan fingerprint density at radius 3 is 2.27 bits per heavy atom. The van der Waals surface area contributed by atoms with Crippen molar-refractivity contribution in [3.63, 3.8) is 0 Å². The number of nitrogens with zero attached hydrogens (tertiary/aromatic N) is 6.